The van der Waals surface area contributed by atoms with Crippen molar-refractivity contribution in [1.29, 1.82) is 0 Å². The number of epoxide rings is 1. The zero-order chi connectivity index (χ0) is 26.6. The number of aromatic hydroxyl groups is 1. The molecule has 6 atom stereocenters. The molecule has 11 heteroatoms. The molecule has 11 nitrogen and oxygen atoms in total. The molecule has 0 amide bonds. The minimum absolute atomic E-state index is 0.126. The average Bonchev–Trinajstić information content (AvgIpc) is 3.57. The van der Waals surface area contributed by atoms with Gasteiger partial charge < -0.3 is 48.7 Å². The summed E-state index contributed by atoms with van der Waals surface area (Å²) in [6.45, 7) is 2.64. The Balaban J connectivity index is 1.49. The number of ketones is 1. The highest BCUT2D eigenvalue weighted by Gasteiger charge is 2.93. The Morgan fingerprint density at radius 3 is 2.68 bits per heavy atom. The van der Waals surface area contributed by atoms with Crippen molar-refractivity contribution in [2.75, 3.05) is 41.1 Å². The molecule has 5 aliphatic rings. The third-order valence-corrected chi connectivity index (χ3v) is 8.70. The van der Waals surface area contributed by atoms with Gasteiger partial charge in [0.05, 0.1) is 31.3 Å². The minimum Gasteiger partial charge on any atom is -0.506 e. The molecule has 2 bridgehead atoms. The van der Waals surface area contributed by atoms with Crippen molar-refractivity contribution in [3.8, 4) is 17.2 Å². The molecule has 1 spiro atoms. The van der Waals surface area contributed by atoms with E-state index in [1.54, 1.807) is 7.11 Å². The number of phenolic OH excluding ortho intramolecular Hbond substituents is 1. The number of hydrogen-bond acceptors (Lipinski definition) is 11. The largest absolute Gasteiger partial charge is 0.506 e. The van der Waals surface area contributed by atoms with E-state index in [4.69, 9.17) is 43.6 Å². The number of nitrogens with two attached hydrogens (primary N) is 1. The second-order valence-corrected chi connectivity index (χ2v) is 10.4. The molecule has 4 heterocycles. The fourth-order valence-corrected chi connectivity index (χ4v) is 7.12. The number of carbonyl (C=O) groups excluding carboxylic acids is 1. The van der Waals surface area contributed by atoms with Gasteiger partial charge in [0.1, 0.15) is 23.4 Å². The summed E-state index contributed by atoms with van der Waals surface area (Å²) in [6, 6.07) is 1.93. The Morgan fingerprint density at radius 2 is 2.03 bits per heavy atom. The first-order chi connectivity index (χ1) is 18.3. The molecule has 1 aliphatic carbocycles. The third-order valence-electron chi connectivity index (χ3n) is 8.70. The number of aryl methyl sites for hydroxylation is 1. The molecule has 3 saturated heterocycles. The van der Waals surface area contributed by atoms with E-state index >= 15 is 0 Å². The number of ether oxygens (including phenoxy) is 8. The van der Waals surface area contributed by atoms with E-state index in [2.05, 4.69) is 0 Å². The van der Waals surface area contributed by atoms with Crippen molar-refractivity contribution in [3.05, 3.63) is 28.3 Å². The Bertz CT molecular complexity index is 1370. The Morgan fingerprint density at radius 1 is 1.24 bits per heavy atom. The molecule has 38 heavy (non-hydrogen) atoms. The van der Waals surface area contributed by atoms with Gasteiger partial charge in [0.15, 0.2) is 11.9 Å². The number of rotatable bonds is 7. The summed E-state index contributed by atoms with van der Waals surface area (Å²) < 4.78 is 49.6. The van der Waals surface area contributed by atoms with Gasteiger partial charge in [-0.1, -0.05) is 0 Å². The van der Waals surface area contributed by atoms with Crippen molar-refractivity contribution in [2.45, 2.75) is 61.9 Å². The fraction of sp³-hybridized carbons (Fsp3) is 0.593. The van der Waals surface area contributed by atoms with E-state index in [-0.39, 0.29) is 36.9 Å². The molecule has 4 aliphatic heterocycles. The first-order valence-electron chi connectivity index (χ1n) is 12.8. The Hall–Kier alpha value is -2.51. The van der Waals surface area contributed by atoms with Gasteiger partial charge in [-0.25, -0.2) is 0 Å². The summed E-state index contributed by atoms with van der Waals surface area (Å²) in [5.74, 6) is -2.26. The number of carbonyl (C=O) groups is 1. The van der Waals surface area contributed by atoms with Crippen LogP contribution in [0.1, 0.15) is 46.0 Å². The highest BCUT2D eigenvalue weighted by atomic mass is 16.9. The van der Waals surface area contributed by atoms with Crippen LogP contribution in [0.25, 0.3) is 10.8 Å². The number of fused-ring (bicyclic) bond motifs is 8. The van der Waals surface area contributed by atoms with Crippen LogP contribution < -0.4 is 15.2 Å². The van der Waals surface area contributed by atoms with E-state index in [9.17, 15) is 9.90 Å². The van der Waals surface area contributed by atoms with E-state index in [0.29, 0.717) is 52.7 Å². The minimum atomic E-state index is -1.48. The second kappa shape index (κ2) is 8.01. The molecule has 3 fully saturated rings. The smallest absolute Gasteiger partial charge is 0.277 e. The van der Waals surface area contributed by atoms with Gasteiger partial charge >= 0.3 is 0 Å². The van der Waals surface area contributed by atoms with Gasteiger partial charge in [-0.2, -0.15) is 0 Å². The van der Waals surface area contributed by atoms with E-state index in [1.807, 2.05) is 13.0 Å². The first-order valence-corrected chi connectivity index (χ1v) is 12.8. The van der Waals surface area contributed by atoms with Crippen molar-refractivity contribution in [3.63, 3.8) is 0 Å². The molecule has 0 saturated carbocycles. The van der Waals surface area contributed by atoms with Crippen LogP contribution in [0.4, 0.5) is 0 Å². The lowest BCUT2D eigenvalue weighted by molar-refractivity contribution is -0.351. The van der Waals surface area contributed by atoms with Crippen LogP contribution in [-0.4, -0.2) is 81.5 Å². The maximum absolute atomic E-state index is 13.0. The molecule has 0 aromatic heterocycles. The SMILES string of the molecule is COc1c2c(c(O)c3c4c(c(C)cc13)C1OC3(C(OC)OCCN)OC1C(OC)(O4)C31CO1)C(=O)CCC2. The van der Waals surface area contributed by atoms with Crippen molar-refractivity contribution < 1.29 is 47.8 Å². The highest BCUT2D eigenvalue weighted by Crippen LogP contribution is 2.72. The van der Waals surface area contributed by atoms with Gasteiger partial charge in [-0.3, -0.25) is 4.79 Å². The molecular formula is C27H31NO10. The summed E-state index contributed by atoms with van der Waals surface area (Å²) in [6.07, 6.45) is -0.661. The van der Waals surface area contributed by atoms with Gasteiger partial charge in [-0.05, 0) is 31.4 Å². The number of phenols is 1. The molecule has 0 radical (unpaired) electrons. The highest BCUT2D eigenvalue weighted by molar-refractivity contribution is 6.11. The first kappa shape index (κ1) is 24.5. The molecule has 2 aromatic rings. The van der Waals surface area contributed by atoms with Crippen LogP contribution in [0.3, 0.4) is 0 Å². The van der Waals surface area contributed by atoms with Crippen molar-refractivity contribution in [1.82, 2.24) is 0 Å². The Labute approximate surface area is 218 Å². The van der Waals surface area contributed by atoms with Crippen LogP contribution in [0, 0.1) is 6.92 Å². The third kappa shape index (κ3) is 2.61. The molecule has 7 rings (SSSR count). The summed E-state index contributed by atoms with van der Waals surface area (Å²) in [7, 11) is 4.59. The summed E-state index contributed by atoms with van der Waals surface area (Å²) in [5.41, 5.74) is 7.00. The number of benzene rings is 2. The average molecular weight is 530 g/mol. The predicted octanol–water partition coefficient (Wildman–Crippen LogP) is 2.00. The second-order valence-electron chi connectivity index (χ2n) is 10.4. The lowest BCUT2D eigenvalue weighted by Gasteiger charge is -2.49. The maximum Gasteiger partial charge on any atom is 0.277 e. The maximum atomic E-state index is 13.0. The number of Topliss-reactive ketones (excluding diaryl/α,β-unsaturated/α-hetero) is 1. The lowest BCUT2D eigenvalue weighted by Crippen LogP contribution is -2.70. The van der Waals surface area contributed by atoms with Crippen LogP contribution in [0.2, 0.25) is 0 Å². The predicted molar refractivity (Wildman–Crippen MR) is 130 cm³/mol. The molecule has 3 N–H and O–H groups in total. The molecular weight excluding hydrogens is 498 g/mol. The molecule has 2 aromatic carbocycles. The standard InChI is InChI=1S/C27H31NO10/c1-12-10-14-18(19(30)17-13(20(14)31-2)6-5-7-15(17)29)21-16(12)22-23-26(33-4,36-21)25(11-35-25)27(37-22,38-23)24(32-3)34-9-8-28/h10,22-24,30H,5-9,11,28H2,1-4H3. The lowest BCUT2D eigenvalue weighted by atomic mass is 9.78. The van der Waals surface area contributed by atoms with E-state index in [0.717, 1.165) is 5.56 Å². The number of hydrogen-bond donors (Lipinski definition) is 2. The van der Waals surface area contributed by atoms with Crippen LogP contribution >= 0.6 is 0 Å². The monoisotopic (exact) mass is 529 g/mol. The van der Waals surface area contributed by atoms with Gasteiger partial charge in [0, 0.05) is 43.7 Å². The van der Waals surface area contributed by atoms with Crippen LogP contribution in [0.5, 0.6) is 17.2 Å². The Kier molecular flexibility index (Phi) is 5.17. The van der Waals surface area contributed by atoms with Crippen LogP contribution in [0.15, 0.2) is 6.07 Å². The normalized spacial score (nSPS) is 34.8. The van der Waals surface area contributed by atoms with Gasteiger partial charge in [0.25, 0.3) is 11.6 Å². The topological polar surface area (TPSA) is 140 Å². The fourth-order valence-electron chi connectivity index (χ4n) is 7.12. The summed E-state index contributed by atoms with van der Waals surface area (Å²) in [5, 5.41) is 12.6. The van der Waals surface area contributed by atoms with Crippen LogP contribution in [-0.2, 0) is 34.8 Å². The van der Waals surface area contributed by atoms with E-state index in [1.165, 1.54) is 14.2 Å². The number of methoxy groups -OCH3 is 3. The zero-order valence-corrected chi connectivity index (χ0v) is 21.8. The molecule has 204 valence electrons. The van der Waals surface area contributed by atoms with Crippen molar-refractivity contribution >= 4 is 16.6 Å². The van der Waals surface area contributed by atoms with Crippen molar-refractivity contribution in [2.24, 2.45) is 5.73 Å². The summed E-state index contributed by atoms with van der Waals surface area (Å²) >= 11 is 0. The quantitative estimate of drug-likeness (QED) is 0.402. The van der Waals surface area contributed by atoms with Gasteiger partial charge in [0.2, 0.25) is 11.9 Å². The summed E-state index contributed by atoms with van der Waals surface area (Å²) in [4.78, 5) is 13.0. The zero-order valence-electron chi connectivity index (χ0n) is 21.8. The van der Waals surface area contributed by atoms with E-state index < -0.39 is 35.7 Å². The molecule has 6 unspecified atom stereocenters. The van der Waals surface area contributed by atoms with Gasteiger partial charge in [-0.15, -0.1) is 0 Å².